The number of piperidine rings is 1. The number of para-hydroxylation sites is 2. The maximum atomic E-state index is 12.7. The molecule has 1 N–H and O–H groups in total. The van der Waals surface area contributed by atoms with Gasteiger partial charge in [0.1, 0.15) is 5.75 Å². The molecule has 0 bridgehead atoms. The Balaban J connectivity index is 1.42. The molecule has 1 aromatic heterocycles. The van der Waals surface area contributed by atoms with Gasteiger partial charge in [-0.15, -0.1) is 0 Å². The van der Waals surface area contributed by atoms with Crippen molar-refractivity contribution in [2.24, 2.45) is 0 Å². The van der Waals surface area contributed by atoms with E-state index < -0.39 is 0 Å². The Labute approximate surface area is 184 Å². The van der Waals surface area contributed by atoms with E-state index in [1.165, 1.54) is 44.1 Å². The normalized spacial score (nSPS) is 20.5. The molecule has 0 amide bonds. The predicted octanol–water partition coefficient (Wildman–Crippen LogP) is 5.22. The third kappa shape index (κ3) is 3.69. The highest BCUT2D eigenvalue weighted by atomic mass is 16.5. The first-order valence-electron chi connectivity index (χ1n) is 11.8. The van der Waals surface area contributed by atoms with Gasteiger partial charge in [0.2, 0.25) is 0 Å². The van der Waals surface area contributed by atoms with Gasteiger partial charge in [0, 0.05) is 24.7 Å². The second-order valence-electron chi connectivity index (χ2n) is 9.21. The van der Waals surface area contributed by atoms with E-state index >= 15 is 0 Å². The van der Waals surface area contributed by atoms with Crippen LogP contribution < -0.4 is 10.4 Å². The number of hydrogen-bond donors (Lipinski definition) is 1. The molecule has 2 heterocycles. The Morgan fingerprint density at radius 1 is 0.935 bits per heavy atom. The lowest BCUT2D eigenvalue weighted by atomic mass is 9.79. The Hall–Kier alpha value is -2.53. The lowest BCUT2D eigenvalue weighted by Gasteiger charge is -2.48. The van der Waals surface area contributed by atoms with Gasteiger partial charge < -0.3 is 9.72 Å². The van der Waals surface area contributed by atoms with Crippen LogP contribution in [-0.4, -0.2) is 34.7 Å². The highest BCUT2D eigenvalue weighted by Gasteiger charge is 2.40. The van der Waals surface area contributed by atoms with Gasteiger partial charge in [0.05, 0.1) is 18.1 Å². The molecule has 1 aliphatic heterocycles. The van der Waals surface area contributed by atoms with Crippen molar-refractivity contribution >= 4 is 11.0 Å². The van der Waals surface area contributed by atoms with Gasteiger partial charge in [-0.3, -0.25) is 9.47 Å². The zero-order valence-corrected chi connectivity index (χ0v) is 18.5. The van der Waals surface area contributed by atoms with Crippen LogP contribution in [0.15, 0.2) is 53.3 Å². The fourth-order valence-electron chi connectivity index (χ4n) is 5.99. The minimum atomic E-state index is 0.0268. The number of methoxy groups -OCH3 is 1. The number of imidazole rings is 1. The number of fused-ring (bicyclic) bond motifs is 1. The molecule has 2 aromatic carbocycles. The SMILES string of the molecule is COc1ccc(C2(N3CCC(n4c(=O)[nH]c5ccccc54)CC3)CCCCCC2)cc1. The van der Waals surface area contributed by atoms with E-state index in [1.54, 1.807) is 7.11 Å². The zero-order valence-electron chi connectivity index (χ0n) is 18.5. The molecule has 5 rings (SSSR count). The summed E-state index contributed by atoms with van der Waals surface area (Å²) in [4.78, 5) is 18.5. The van der Waals surface area contributed by atoms with Crippen LogP contribution in [0.3, 0.4) is 0 Å². The Morgan fingerprint density at radius 3 is 2.29 bits per heavy atom. The highest BCUT2D eigenvalue weighted by Crippen LogP contribution is 2.44. The van der Waals surface area contributed by atoms with Gasteiger partial charge in [0.25, 0.3) is 0 Å². The number of aromatic nitrogens is 2. The van der Waals surface area contributed by atoms with Gasteiger partial charge >= 0.3 is 5.69 Å². The first kappa shape index (κ1) is 20.4. The molecule has 0 spiro atoms. The van der Waals surface area contributed by atoms with E-state index in [4.69, 9.17) is 4.74 Å². The van der Waals surface area contributed by atoms with Crippen LogP contribution in [0.4, 0.5) is 0 Å². The second kappa shape index (κ2) is 8.54. The molecular weight excluding hydrogens is 386 g/mol. The summed E-state index contributed by atoms with van der Waals surface area (Å²) in [6.07, 6.45) is 9.70. The number of ether oxygens (including phenoxy) is 1. The second-order valence-corrected chi connectivity index (χ2v) is 9.21. The summed E-state index contributed by atoms with van der Waals surface area (Å²) >= 11 is 0. The lowest BCUT2D eigenvalue weighted by Crippen LogP contribution is -2.50. The number of likely N-dealkylation sites (tertiary alicyclic amines) is 1. The quantitative estimate of drug-likeness (QED) is 0.590. The van der Waals surface area contributed by atoms with Crippen molar-refractivity contribution in [1.82, 2.24) is 14.5 Å². The van der Waals surface area contributed by atoms with Crippen LogP contribution >= 0.6 is 0 Å². The fraction of sp³-hybridized carbons (Fsp3) is 0.500. The summed E-state index contributed by atoms with van der Waals surface area (Å²) in [6, 6.07) is 17.1. The van der Waals surface area contributed by atoms with Crippen molar-refractivity contribution in [3.63, 3.8) is 0 Å². The van der Waals surface area contributed by atoms with Crippen molar-refractivity contribution in [2.75, 3.05) is 20.2 Å². The molecule has 164 valence electrons. The third-order valence-electron chi connectivity index (χ3n) is 7.62. The Bertz CT molecular complexity index is 1070. The van der Waals surface area contributed by atoms with Crippen LogP contribution in [0, 0.1) is 0 Å². The monoisotopic (exact) mass is 419 g/mol. The molecule has 5 heteroatoms. The maximum Gasteiger partial charge on any atom is 0.326 e. The van der Waals surface area contributed by atoms with Crippen molar-refractivity contribution in [3.8, 4) is 5.75 Å². The first-order chi connectivity index (χ1) is 15.2. The number of aromatic amines is 1. The molecule has 3 aromatic rings. The van der Waals surface area contributed by atoms with Crippen molar-refractivity contribution in [1.29, 1.82) is 0 Å². The average Bonchev–Trinajstić information content (AvgIpc) is 2.98. The average molecular weight is 420 g/mol. The highest BCUT2D eigenvalue weighted by molar-refractivity contribution is 5.75. The maximum absolute atomic E-state index is 12.7. The standard InChI is InChI=1S/C26H33N3O2/c1-31-22-12-10-20(11-13-22)26(16-6-2-3-7-17-26)28-18-14-21(15-19-28)29-24-9-5-4-8-23(24)27-25(29)30/h4-5,8-13,21H,2-3,6-7,14-19H2,1H3,(H,27,30). The summed E-state index contributed by atoms with van der Waals surface area (Å²) in [5, 5.41) is 0. The number of benzene rings is 2. The third-order valence-corrected chi connectivity index (χ3v) is 7.62. The fourth-order valence-corrected chi connectivity index (χ4v) is 5.99. The number of nitrogens with one attached hydrogen (secondary N) is 1. The summed E-state index contributed by atoms with van der Waals surface area (Å²) < 4.78 is 7.41. The Kier molecular flexibility index (Phi) is 5.61. The van der Waals surface area contributed by atoms with Crippen LogP contribution in [0.5, 0.6) is 5.75 Å². The van der Waals surface area contributed by atoms with Crippen molar-refractivity contribution < 1.29 is 4.74 Å². The molecule has 1 aliphatic carbocycles. The van der Waals surface area contributed by atoms with Crippen molar-refractivity contribution in [2.45, 2.75) is 62.9 Å². The molecule has 31 heavy (non-hydrogen) atoms. The van der Waals surface area contributed by atoms with Crippen molar-refractivity contribution in [3.05, 3.63) is 64.6 Å². The van der Waals surface area contributed by atoms with E-state index in [9.17, 15) is 4.79 Å². The number of rotatable bonds is 4. The van der Waals surface area contributed by atoms with Crippen LogP contribution in [0.2, 0.25) is 0 Å². The molecule has 2 aliphatic rings. The molecule has 0 radical (unpaired) electrons. The van der Waals surface area contributed by atoms with Gasteiger partial charge in [-0.1, -0.05) is 49.9 Å². The van der Waals surface area contributed by atoms with Gasteiger partial charge in [0.15, 0.2) is 0 Å². The lowest BCUT2D eigenvalue weighted by molar-refractivity contribution is 0.0355. The number of H-pyrrole nitrogens is 1. The van der Waals surface area contributed by atoms with E-state index in [0.29, 0.717) is 0 Å². The summed E-state index contributed by atoms with van der Waals surface area (Å²) in [7, 11) is 1.73. The van der Waals surface area contributed by atoms with Crippen LogP contribution in [-0.2, 0) is 5.54 Å². The topological polar surface area (TPSA) is 50.3 Å². The van der Waals surface area contributed by atoms with Gasteiger partial charge in [-0.25, -0.2) is 4.79 Å². The molecule has 5 nitrogen and oxygen atoms in total. The van der Waals surface area contributed by atoms with Crippen LogP contribution in [0.1, 0.15) is 63.0 Å². The molecular formula is C26H33N3O2. The number of nitrogens with zero attached hydrogens (tertiary/aromatic N) is 2. The molecule has 2 fully saturated rings. The molecule has 0 unspecified atom stereocenters. The van der Waals surface area contributed by atoms with E-state index in [1.807, 2.05) is 22.8 Å². The summed E-state index contributed by atoms with van der Waals surface area (Å²) in [6.45, 7) is 2.06. The van der Waals surface area contributed by atoms with Crippen LogP contribution in [0.25, 0.3) is 11.0 Å². The largest absolute Gasteiger partial charge is 0.497 e. The Morgan fingerprint density at radius 2 is 1.61 bits per heavy atom. The summed E-state index contributed by atoms with van der Waals surface area (Å²) in [5.41, 5.74) is 3.54. The van der Waals surface area contributed by atoms with Gasteiger partial charge in [-0.05, 0) is 55.5 Å². The zero-order chi connectivity index (χ0) is 21.3. The molecule has 1 saturated carbocycles. The van der Waals surface area contributed by atoms with E-state index in [2.05, 4.69) is 40.2 Å². The number of hydrogen-bond acceptors (Lipinski definition) is 3. The summed E-state index contributed by atoms with van der Waals surface area (Å²) in [5.74, 6) is 0.921. The van der Waals surface area contributed by atoms with Gasteiger partial charge in [-0.2, -0.15) is 0 Å². The predicted molar refractivity (Wildman–Crippen MR) is 125 cm³/mol. The first-order valence-corrected chi connectivity index (χ1v) is 11.8. The smallest absolute Gasteiger partial charge is 0.326 e. The molecule has 0 atom stereocenters. The minimum absolute atomic E-state index is 0.0268. The molecule has 1 saturated heterocycles. The van der Waals surface area contributed by atoms with E-state index in [-0.39, 0.29) is 17.3 Å². The van der Waals surface area contributed by atoms with E-state index in [0.717, 1.165) is 42.7 Å². The minimum Gasteiger partial charge on any atom is -0.497 e.